The van der Waals surface area contributed by atoms with Crippen molar-refractivity contribution in [2.24, 2.45) is 0 Å². The molecule has 1 aromatic rings. The van der Waals surface area contributed by atoms with Gasteiger partial charge in [-0.1, -0.05) is 6.42 Å². The van der Waals surface area contributed by atoms with E-state index in [1.807, 2.05) is 0 Å². The molecule has 1 amide bonds. The van der Waals surface area contributed by atoms with Crippen LogP contribution in [0.15, 0.2) is 18.2 Å². The maximum atomic E-state index is 13.6. The Labute approximate surface area is 112 Å². The number of nitrogens with one attached hydrogen (secondary N) is 2. The third-order valence-electron chi connectivity index (χ3n) is 3.13. The Morgan fingerprint density at radius 1 is 1.53 bits per heavy atom. The van der Waals surface area contributed by atoms with Crippen LogP contribution in [0.4, 0.5) is 10.1 Å². The largest absolute Gasteiger partial charge is 0.491 e. The maximum absolute atomic E-state index is 13.6. The minimum Gasteiger partial charge on any atom is -0.491 e. The van der Waals surface area contributed by atoms with Crippen LogP contribution in [0, 0.1) is 5.82 Å². The summed E-state index contributed by atoms with van der Waals surface area (Å²) in [6.07, 6.45) is 2.97. The Kier molecular flexibility index (Phi) is 4.74. The van der Waals surface area contributed by atoms with Crippen LogP contribution < -0.4 is 15.4 Å². The lowest BCUT2D eigenvalue weighted by Crippen LogP contribution is -2.43. The Bertz CT molecular complexity index is 445. The molecular formula is C14H19FN2O2. The van der Waals surface area contributed by atoms with Gasteiger partial charge in [0.1, 0.15) is 0 Å². The molecule has 0 aliphatic carbocycles. The van der Waals surface area contributed by atoms with Gasteiger partial charge in [-0.3, -0.25) is 4.79 Å². The topological polar surface area (TPSA) is 50.4 Å². The van der Waals surface area contributed by atoms with E-state index in [0.717, 1.165) is 25.8 Å². The first-order valence-corrected chi connectivity index (χ1v) is 6.67. The van der Waals surface area contributed by atoms with Gasteiger partial charge in [0.2, 0.25) is 5.91 Å². The number of rotatable bonds is 4. The fourth-order valence-electron chi connectivity index (χ4n) is 2.16. The monoisotopic (exact) mass is 266 g/mol. The van der Waals surface area contributed by atoms with Crippen LogP contribution in [0.25, 0.3) is 0 Å². The summed E-state index contributed by atoms with van der Waals surface area (Å²) < 4.78 is 18.8. The predicted molar refractivity (Wildman–Crippen MR) is 71.8 cm³/mol. The van der Waals surface area contributed by atoms with E-state index in [1.54, 1.807) is 13.0 Å². The minimum atomic E-state index is -0.462. The Hall–Kier alpha value is -1.62. The number of benzene rings is 1. The molecule has 0 aromatic heterocycles. The molecule has 0 bridgehead atoms. The van der Waals surface area contributed by atoms with E-state index in [0.29, 0.717) is 12.3 Å². The van der Waals surface area contributed by atoms with Crippen LogP contribution in [0.5, 0.6) is 5.75 Å². The van der Waals surface area contributed by atoms with Gasteiger partial charge in [0.15, 0.2) is 11.6 Å². The summed E-state index contributed by atoms with van der Waals surface area (Å²) in [7, 11) is 0. The highest BCUT2D eigenvalue weighted by Gasteiger charge is 2.20. The molecule has 1 fully saturated rings. The second-order valence-corrected chi connectivity index (χ2v) is 4.57. The quantitative estimate of drug-likeness (QED) is 0.879. The lowest BCUT2D eigenvalue weighted by Gasteiger charge is -2.22. The molecule has 104 valence electrons. The van der Waals surface area contributed by atoms with E-state index in [2.05, 4.69) is 10.6 Å². The zero-order chi connectivity index (χ0) is 13.7. The number of halogens is 1. The van der Waals surface area contributed by atoms with Crippen LogP contribution >= 0.6 is 0 Å². The van der Waals surface area contributed by atoms with Gasteiger partial charge in [-0.25, -0.2) is 4.39 Å². The Balaban J connectivity index is 1.98. The summed E-state index contributed by atoms with van der Waals surface area (Å²) in [5.74, 6) is -0.365. The van der Waals surface area contributed by atoms with Crippen molar-refractivity contribution in [2.45, 2.75) is 32.2 Å². The van der Waals surface area contributed by atoms with E-state index in [-0.39, 0.29) is 17.7 Å². The minimum absolute atomic E-state index is 0.108. The number of anilines is 1. The summed E-state index contributed by atoms with van der Waals surface area (Å²) in [6.45, 7) is 3.06. The third kappa shape index (κ3) is 3.67. The van der Waals surface area contributed by atoms with Crippen molar-refractivity contribution in [2.75, 3.05) is 18.5 Å². The average molecular weight is 266 g/mol. The van der Waals surface area contributed by atoms with Crippen molar-refractivity contribution < 1.29 is 13.9 Å². The molecule has 2 rings (SSSR count). The van der Waals surface area contributed by atoms with Gasteiger partial charge in [-0.2, -0.15) is 0 Å². The molecule has 0 spiro atoms. The second kappa shape index (κ2) is 6.52. The predicted octanol–water partition coefficient (Wildman–Crippen LogP) is 2.30. The van der Waals surface area contributed by atoms with Crippen LogP contribution in [0.3, 0.4) is 0 Å². The maximum Gasteiger partial charge on any atom is 0.241 e. The fourth-order valence-corrected chi connectivity index (χ4v) is 2.16. The summed E-state index contributed by atoms with van der Waals surface area (Å²) in [5, 5.41) is 5.88. The molecule has 1 atom stereocenters. The van der Waals surface area contributed by atoms with Gasteiger partial charge in [0.05, 0.1) is 12.6 Å². The van der Waals surface area contributed by atoms with Crippen molar-refractivity contribution in [3.05, 3.63) is 24.0 Å². The number of carbonyl (C=O) groups is 1. The number of amides is 1. The molecule has 4 nitrogen and oxygen atoms in total. The van der Waals surface area contributed by atoms with Gasteiger partial charge in [-0.15, -0.1) is 0 Å². The highest BCUT2D eigenvalue weighted by Crippen LogP contribution is 2.21. The van der Waals surface area contributed by atoms with Crippen LogP contribution in [0.1, 0.15) is 26.2 Å². The molecule has 1 aliphatic rings. The van der Waals surface area contributed by atoms with Gasteiger partial charge < -0.3 is 15.4 Å². The van der Waals surface area contributed by atoms with Crippen LogP contribution in [-0.2, 0) is 4.79 Å². The van der Waals surface area contributed by atoms with Crippen molar-refractivity contribution in [3.8, 4) is 5.75 Å². The van der Waals surface area contributed by atoms with E-state index in [4.69, 9.17) is 4.74 Å². The highest BCUT2D eigenvalue weighted by atomic mass is 19.1. The lowest BCUT2D eigenvalue weighted by molar-refractivity contribution is -0.118. The van der Waals surface area contributed by atoms with Crippen molar-refractivity contribution >= 4 is 11.6 Å². The molecular weight excluding hydrogens is 247 g/mol. The van der Waals surface area contributed by atoms with Gasteiger partial charge in [-0.05, 0) is 38.4 Å². The van der Waals surface area contributed by atoms with E-state index in [1.165, 1.54) is 12.1 Å². The second-order valence-electron chi connectivity index (χ2n) is 4.57. The van der Waals surface area contributed by atoms with Gasteiger partial charge in [0.25, 0.3) is 0 Å². The number of carbonyl (C=O) groups excluding carboxylic acids is 1. The highest BCUT2D eigenvalue weighted by molar-refractivity contribution is 5.94. The molecule has 1 aromatic carbocycles. The normalized spacial score (nSPS) is 18.9. The van der Waals surface area contributed by atoms with Gasteiger partial charge >= 0.3 is 0 Å². The molecule has 5 heteroatoms. The average Bonchev–Trinajstić information content (AvgIpc) is 2.43. The number of hydrogen-bond donors (Lipinski definition) is 2. The zero-order valence-electron chi connectivity index (χ0n) is 11.0. The van der Waals surface area contributed by atoms with E-state index < -0.39 is 5.82 Å². The molecule has 0 unspecified atom stereocenters. The SMILES string of the molecule is CCOc1ccc(NC(=O)[C@H]2CCCCN2)cc1F. The van der Waals surface area contributed by atoms with Crippen LogP contribution in [-0.4, -0.2) is 25.1 Å². The smallest absolute Gasteiger partial charge is 0.241 e. The number of ether oxygens (including phenoxy) is 1. The molecule has 1 heterocycles. The molecule has 2 N–H and O–H groups in total. The fraction of sp³-hybridized carbons (Fsp3) is 0.500. The summed E-state index contributed by atoms with van der Waals surface area (Å²) in [4.78, 5) is 12.0. The molecule has 1 aliphatic heterocycles. The summed E-state index contributed by atoms with van der Waals surface area (Å²) in [6, 6.07) is 4.28. The van der Waals surface area contributed by atoms with E-state index in [9.17, 15) is 9.18 Å². The Morgan fingerprint density at radius 2 is 2.37 bits per heavy atom. The van der Waals surface area contributed by atoms with Crippen molar-refractivity contribution in [1.29, 1.82) is 0 Å². The third-order valence-corrected chi connectivity index (χ3v) is 3.13. The first-order chi connectivity index (χ1) is 9.20. The molecule has 1 saturated heterocycles. The number of piperidine rings is 1. The van der Waals surface area contributed by atoms with Gasteiger partial charge in [0, 0.05) is 11.8 Å². The molecule has 19 heavy (non-hydrogen) atoms. The lowest BCUT2D eigenvalue weighted by atomic mass is 10.0. The zero-order valence-corrected chi connectivity index (χ0v) is 11.0. The standard InChI is InChI=1S/C14H19FN2O2/c1-2-19-13-7-6-10(9-11(13)15)17-14(18)12-5-3-4-8-16-12/h6-7,9,12,16H,2-5,8H2,1H3,(H,17,18)/t12-/m1/s1. The molecule has 0 radical (unpaired) electrons. The van der Waals surface area contributed by atoms with Crippen LogP contribution in [0.2, 0.25) is 0 Å². The summed E-state index contributed by atoms with van der Waals surface area (Å²) >= 11 is 0. The first kappa shape index (κ1) is 13.8. The van der Waals surface area contributed by atoms with Crippen molar-refractivity contribution in [1.82, 2.24) is 5.32 Å². The molecule has 0 saturated carbocycles. The van der Waals surface area contributed by atoms with E-state index >= 15 is 0 Å². The Morgan fingerprint density at radius 3 is 3.00 bits per heavy atom. The summed E-state index contributed by atoms with van der Waals surface area (Å²) in [5.41, 5.74) is 0.457. The van der Waals surface area contributed by atoms with Crippen molar-refractivity contribution in [3.63, 3.8) is 0 Å². The first-order valence-electron chi connectivity index (χ1n) is 6.67. The number of hydrogen-bond acceptors (Lipinski definition) is 3.